The summed E-state index contributed by atoms with van der Waals surface area (Å²) in [6.45, 7) is 1.75. The maximum atomic E-state index is 14.1. The molecule has 106 valence electrons. The van der Waals surface area contributed by atoms with E-state index >= 15 is 0 Å². The summed E-state index contributed by atoms with van der Waals surface area (Å²) in [4.78, 5) is 4.59. The lowest BCUT2D eigenvalue weighted by Gasteiger charge is -2.12. The van der Waals surface area contributed by atoms with Gasteiger partial charge < -0.3 is 0 Å². The Bertz CT molecular complexity index is 785. The maximum Gasteiger partial charge on any atom is 0.130 e. The summed E-state index contributed by atoms with van der Waals surface area (Å²) in [6, 6.07) is 17.2. The number of nitrogens with zero attached hydrogens (tertiary/aromatic N) is 1. The van der Waals surface area contributed by atoms with Crippen molar-refractivity contribution in [1.82, 2.24) is 4.98 Å². The smallest absolute Gasteiger partial charge is 0.130 e. The predicted molar refractivity (Wildman–Crippen MR) is 85.2 cm³/mol. The third-order valence-corrected chi connectivity index (χ3v) is 3.99. The molecule has 0 aliphatic heterocycles. The predicted octanol–water partition coefficient (Wildman–Crippen LogP) is 5.20. The van der Waals surface area contributed by atoms with E-state index in [1.165, 1.54) is 0 Å². The average Bonchev–Trinajstić information content (AvgIpc) is 2.50. The lowest BCUT2D eigenvalue weighted by molar-refractivity contribution is 0.596. The third-order valence-electron chi connectivity index (χ3n) is 3.60. The molecule has 0 aliphatic rings. The molecular weight excluding hydrogens is 285 g/mol. The van der Waals surface area contributed by atoms with Gasteiger partial charge in [-0.1, -0.05) is 42.5 Å². The van der Waals surface area contributed by atoms with Gasteiger partial charge in [-0.2, -0.15) is 0 Å². The van der Waals surface area contributed by atoms with Crippen molar-refractivity contribution in [3.8, 4) is 0 Å². The van der Waals surface area contributed by atoms with Crippen molar-refractivity contribution in [2.75, 3.05) is 0 Å². The lowest BCUT2D eigenvalue weighted by atomic mass is 10.0. The Hall–Kier alpha value is -1.93. The molecule has 0 saturated heterocycles. The van der Waals surface area contributed by atoms with Crippen LogP contribution in [-0.4, -0.2) is 4.98 Å². The highest BCUT2D eigenvalue weighted by Gasteiger charge is 2.15. The summed E-state index contributed by atoms with van der Waals surface area (Å²) in [5, 5.41) is 0.674. The fourth-order valence-electron chi connectivity index (χ4n) is 2.43. The molecule has 1 heterocycles. The molecule has 0 radical (unpaired) electrons. The largest absolute Gasteiger partial charge is 0.253 e. The second-order valence-electron chi connectivity index (χ2n) is 5.15. The van der Waals surface area contributed by atoms with Crippen molar-refractivity contribution in [2.24, 2.45) is 0 Å². The van der Waals surface area contributed by atoms with Gasteiger partial charge in [0.25, 0.3) is 0 Å². The molecule has 0 aliphatic carbocycles. The highest BCUT2D eigenvalue weighted by atomic mass is 35.5. The first-order valence-corrected chi connectivity index (χ1v) is 7.32. The Morgan fingerprint density at radius 3 is 2.71 bits per heavy atom. The van der Waals surface area contributed by atoms with Gasteiger partial charge in [0.2, 0.25) is 0 Å². The Labute approximate surface area is 128 Å². The molecule has 0 bridgehead atoms. The molecule has 0 spiro atoms. The van der Waals surface area contributed by atoms with Gasteiger partial charge in [0.05, 0.1) is 10.9 Å². The lowest BCUT2D eigenvalue weighted by Crippen LogP contribution is -2.02. The molecule has 3 heteroatoms. The van der Waals surface area contributed by atoms with Crippen LogP contribution in [0.3, 0.4) is 0 Å². The van der Waals surface area contributed by atoms with Crippen molar-refractivity contribution in [3.05, 3.63) is 77.2 Å². The fourth-order valence-corrected chi connectivity index (χ4v) is 2.75. The molecule has 1 aromatic heterocycles. The standard InChI is InChI=1S/C18H15ClFN/c1-12-5-4-7-15(18(12)20)16(19)11-14-10-9-13-6-2-3-8-17(13)21-14/h2-10,16H,11H2,1H3. The van der Waals surface area contributed by atoms with Crippen LogP contribution in [0.15, 0.2) is 54.6 Å². The summed E-state index contributed by atoms with van der Waals surface area (Å²) >= 11 is 6.39. The van der Waals surface area contributed by atoms with Crippen LogP contribution in [0.2, 0.25) is 0 Å². The van der Waals surface area contributed by atoms with E-state index in [0.717, 1.165) is 16.6 Å². The number of para-hydroxylation sites is 1. The first-order valence-electron chi connectivity index (χ1n) is 6.89. The minimum absolute atomic E-state index is 0.224. The van der Waals surface area contributed by atoms with Crippen molar-refractivity contribution in [2.45, 2.75) is 18.7 Å². The third kappa shape index (κ3) is 2.91. The average molecular weight is 300 g/mol. The molecule has 0 saturated carbocycles. The zero-order valence-electron chi connectivity index (χ0n) is 11.7. The number of pyridine rings is 1. The van der Waals surface area contributed by atoms with Crippen LogP contribution < -0.4 is 0 Å². The molecule has 0 fully saturated rings. The van der Waals surface area contributed by atoms with Gasteiger partial charge in [0.1, 0.15) is 5.82 Å². The summed E-state index contributed by atoms with van der Waals surface area (Å²) in [7, 11) is 0. The van der Waals surface area contributed by atoms with Gasteiger partial charge in [0.15, 0.2) is 0 Å². The molecule has 1 unspecified atom stereocenters. The number of hydrogen-bond acceptors (Lipinski definition) is 1. The quantitative estimate of drug-likeness (QED) is 0.605. The highest BCUT2D eigenvalue weighted by molar-refractivity contribution is 6.20. The van der Waals surface area contributed by atoms with Crippen LogP contribution >= 0.6 is 11.6 Å². The number of benzene rings is 2. The van der Waals surface area contributed by atoms with E-state index in [0.29, 0.717) is 17.5 Å². The first kappa shape index (κ1) is 14.0. The van der Waals surface area contributed by atoms with Gasteiger partial charge in [-0.25, -0.2) is 4.39 Å². The second kappa shape index (κ2) is 5.82. The number of aryl methyl sites for hydroxylation is 1. The second-order valence-corrected chi connectivity index (χ2v) is 5.67. The summed E-state index contributed by atoms with van der Waals surface area (Å²) in [6.07, 6.45) is 0.507. The van der Waals surface area contributed by atoms with Crippen LogP contribution in [0.1, 0.15) is 22.2 Å². The van der Waals surface area contributed by atoms with Crippen molar-refractivity contribution in [1.29, 1.82) is 0 Å². The van der Waals surface area contributed by atoms with Gasteiger partial charge in [-0.3, -0.25) is 4.98 Å². The number of halogens is 2. The Kier molecular flexibility index (Phi) is 3.89. The van der Waals surface area contributed by atoms with E-state index < -0.39 is 5.38 Å². The molecule has 1 atom stereocenters. The van der Waals surface area contributed by atoms with Gasteiger partial charge >= 0.3 is 0 Å². The molecule has 0 N–H and O–H groups in total. The fraction of sp³-hybridized carbons (Fsp3) is 0.167. The minimum Gasteiger partial charge on any atom is -0.253 e. The number of alkyl halides is 1. The molecule has 3 aromatic rings. The molecule has 3 rings (SSSR count). The summed E-state index contributed by atoms with van der Waals surface area (Å²) in [5.41, 5.74) is 2.95. The van der Waals surface area contributed by atoms with E-state index in [2.05, 4.69) is 4.98 Å². The van der Waals surface area contributed by atoms with Gasteiger partial charge in [0, 0.05) is 23.1 Å². The van der Waals surface area contributed by atoms with Crippen molar-refractivity contribution in [3.63, 3.8) is 0 Å². The van der Waals surface area contributed by atoms with E-state index in [1.807, 2.05) is 42.5 Å². The monoisotopic (exact) mass is 299 g/mol. The zero-order chi connectivity index (χ0) is 14.8. The number of rotatable bonds is 3. The van der Waals surface area contributed by atoms with Crippen molar-refractivity contribution < 1.29 is 4.39 Å². The first-order chi connectivity index (χ1) is 10.1. The topological polar surface area (TPSA) is 12.9 Å². The Morgan fingerprint density at radius 2 is 1.86 bits per heavy atom. The molecule has 2 aromatic carbocycles. The number of aromatic nitrogens is 1. The molecule has 1 nitrogen and oxygen atoms in total. The van der Waals surface area contributed by atoms with E-state index in [4.69, 9.17) is 11.6 Å². The SMILES string of the molecule is Cc1cccc(C(Cl)Cc2ccc3ccccc3n2)c1F. The molecular formula is C18H15ClFN. The van der Waals surface area contributed by atoms with Crippen molar-refractivity contribution >= 4 is 22.5 Å². The highest BCUT2D eigenvalue weighted by Crippen LogP contribution is 2.28. The van der Waals surface area contributed by atoms with E-state index in [-0.39, 0.29) is 5.82 Å². The summed E-state index contributed by atoms with van der Waals surface area (Å²) in [5.74, 6) is -0.224. The number of hydrogen-bond donors (Lipinski definition) is 0. The van der Waals surface area contributed by atoms with E-state index in [9.17, 15) is 4.39 Å². The minimum atomic E-state index is -0.418. The van der Waals surface area contributed by atoms with Crippen LogP contribution in [0.25, 0.3) is 10.9 Å². The van der Waals surface area contributed by atoms with Gasteiger partial charge in [-0.05, 0) is 24.6 Å². The van der Waals surface area contributed by atoms with Crippen LogP contribution in [-0.2, 0) is 6.42 Å². The van der Waals surface area contributed by atoms with Crippen LogP contribution in [0, 0.1) is 12.7 Å². The Balaban J connectivity index is 1.89. The Morgan fingerprint density at radius 1 is 1.05 bits per heavy atom. The normalized spacial score (nSPS) is 12.5. The van der Waals surface area contributed by atoms with E-state index in [1.54, 1.807) is 19.1 Å². The van der Waals surface area contributed by atoms with Crippen LogP contribution in [0.5, 0.6) is 0 Å². The molecule has 0 amide bonds. The zero-order valence-corrected chi connectivity index (χ0v) is 12.4. The summed E-state index contributed by atoms with van der Waals surface area (Å²) < 4.78 is 14.1. The maximum absolute atomic E-state index is 14.1. The number of fused-ring (bicyclic) bond motifs is 1. The molecule has 21 heavy (non-hydrogen) atoms. The van der Waals surface area contributed by atoms with Gasteiger partial charge in [-0.15, -0.1) is 11.6 Å². The van der Waals surface area contributed by atoms with Crippen LogP contribution in [0.4, 0.5) is 4.39 Å².